The molecule has 1 unspecified atom stereocenters. The SMILES string of the molecule is O=C(O)C(Nc1c(Br)cccc1Br)c1ccccc1. The summed E-state index contributed by atoms with van der Waals surface area (Å²) in [5, 5.41) is 12.4. The number of para-hydroxylation sites is 1. The van der Waals surface area contributed by atoms with E-state index in [1.165, 1.54) is 0 Å². The van der Waals surface area contributed by atoms with E-state index in [1.54, 1.807) is 12.1 Å². The Bertz CT molecular complexity index is 567. The van der Waals surface area contributed by atoms with E-state index in [-0.39, 0.29) is 0 Å². The molecule has 0 heterocycles. The number of hydrogen-bond acceptors (Lipinski definition) is 2. The summed E-state index contributed by atoms with van der Waals surface area (Å²) in [6.45, 7) is 0. The molecular weight excluding hydrogens is 374 g/mol. The first-order valence-electron chi connectivity index (χ1n) is 5.58. The van der Waals surface area contributed by atoms with Crippen molar-refractivity contribution in [1.82, 2.24) is 0 Å². The summed E-state index contributed by atoms with van der Waals surface area (Å²) in [6.07, 6.45) is 0. The van der Waals surface area contributed by atoms with E-state index in [4.69, 9.17) is 0 Å². The van der Waals surface area contributed by atoms with Crippen molar-refractivity contribution in [1.29, 1.82) is 0 Å². The molecule has 3 nitrogen and oxygen atoms in total. The molecule has 19 heavy (non-hydrogen) atoms. The van der Waals surface area contributed by atoms with Gasteiger partial charge in [-0.15, -0.1) is 0 Å². The maximum atomic E-state index is 11.4. The first kappa shape index (κ1) is 14.1. The van der Waals surface area contributed by atoms with E-state index in [0.29, 0.717) is 5.56 Å². The molecule has 0 aliphatic heterocycles. The third-order valence-electron chi connectivity index (χ3n) is 2.63. The zero-order valence-electron chi connectivity index (χ0n) is 9.81. The number of benzene rings is 2. The lowest BCUT2D eigenvalue weighted by Crippen LogP contribution is -2.20. The Balaban J connectivity index is 2.35. The minimum absolute atomic E-state index is 0.706. The monoisotopic (exact) mass is 383 g/mol. The lowest BCUT2D eigenvalue weighted by molar-refractivity contribution is -0.138. The van der Waals surface area contributed by atoms with Crippen molar-refractivity contribution in [3.8, 4) is 0 Å². The Morgan fingerprint density at radius 1 is 1.00 bits per heavy atom. The van der Waals surface area contributed by atoms with Gasteiger partial charge in [0.05, 0.1) is 5.69 Å². The highest BCUT2D eigenvalue weighted by Crippen LogP contribution is 2.33. The third-order valence-corrected chi connectivity index (χ3v) is 3.95. The summed E-state index contributed by atoms with van der Waals surface area (Å²) in [5.74, 6) is -0.922. The highest BCUT2D eigenvalue weighted by molar-refractivity contribution is 9.11. The number of nitrogens with one attached hydrogen (secondary N) is 1. The molecule has 2 N–H and O–H groups in total. The first-order chi connectivity index (χ1) is 9.09. The van der Waals surface area contributed by atoms with Gasteiger partial charge in [0.25, 0.3) is 0 Å². The molecule has 0 saturated heterocycles. The van der Waals surface area contributed by atoms with Gasteiger partial charge in [-0.2, -0.15) is 0 Å². The van der Waals surface area contributed by atoms with Crippen molar-refractivity contribution in [2.75, 3.05) is 5.32 Å². The molecule has 0 spiro atoms. The fourth-order valence-electron chi connectivity index (χ4n) is 1.71. The van der Waals surface area contributed by atoms with Crippen molar-refractivity contribution in [2.45, 2.75) is 6.04 Å². The van der Waals surface area contributed by atoms with Gasteiger partial charge < -0.3 is 10.4 Å². The fraction of sp³-hybridized carbons (Fsp3) is 0.0714. The average Bonchev–Trinajstić information content (AvgIpc) is 2.39. The molecule has 0 aliphatic carbocycles. The van der Waals surface area contributed by atoms with E-state index in [2.05, 4.69) is 37.2 Å². The summed E-state index contributed by atoms with van der Waals surface area (Å²) in [4.78, 5) is 11.4. The van der Waals surface area contributed by atoms with E-state index in [9.17, 15) is 9.90 Å². The lowest BCUT2D eigenvalue weighted by Gasteiger charge is -2.18. The topological polar surface area (TPSA) is 49.3 Å². The quantitative estimate of drug-likeness (QED) is 0.818. The van der Waals surface area contributed by atoms with Crippen LogP contribution in [0.5, 0.6) is 0 Å². The van der Waals surface area contributed by atoms with E-state index in [1.807, 2.05) is 36.4 Å². The summed E-state index contributed by atoms with van der Waals surface area (Å²) < 4.78 is 1.62. The molecule has 2 aromatic rings. The van der Waals surface area contributed by atoms with Gasteiger partial charge in [-0.05, 0) is 49.6 Å². The number of halogens is 2. The normalized spacial score (nSPS) is 11.9. The van der Waals surface area contributed by atoms with Crippen molar-refractivity contribution >= 4 is 43.5 Å². The van der Waals surface area contributed by atoms with Crippen molar-refractivity contribution in [3.05, 3.63) is 63.0 Å². The second kappa shape index (κ2) is 6.21. The molecule has 0 saturated carbocycles. The molecule has 0 aliphatic rings. The standard InChI is InChI=1S/C14H11Br2NO2/c15-10-7-4-8-11(16)13(10)17-12(14(18)19)9-5-2-1-3-6-9/h1-8,12,17H,(H,18,19). The Labute approximate surface area is 127 Å². The molecule has 0 aromatic heterocycles. The van der Waals surface area contributed by atoms with Gasteiger partial charge in [-0.25, -0.2) is 4.79 Å². The average molecular weight is 385 g/mol. The summed E-state index contributed by atoms with van der Waals surface area (Å²) >= 11 is 6.82. The van der Waals surface area contributed by atoms with Gasteiger partial charge in [0, 0.05) is 8.95 Å². The molecule has 5 heteroatoms. The van der Waals surface area contributed by atoms with Crippen molar-refractivity contribution < 1.29 is 9.90 Å². The Morgan fingerprint density at radius 2 is 1.58 bits per heavy atom. The van der Waals surface area contributed by atoms with Crippen LogP contribution in [-0.4, -0.2) is 11.1 Å². The Kier molecular flexibility index (Phi) is 4.61. The van der Waals surface area contributed by atoms with E-state index < -0.39 is 12.0 Å². The lowest BCUT2D eigenvalue weighted by atomic mass is 10.1. The van der Waals surface area contributed by atoms with Crippen molar-refractivity contribution in [2.24, 2.45) is 0 Å². The van der Waals surface area contributed by atoms with Crippen molar-refractivity contribution in [3.63, 3.8) is 0 Å². The maximum absolute atomic E-state index is 11.4. The summed E-state index contributed by atoms with van der Waals surface area (Å²) in [7, 11) is 0. The highest BCUT2D eigenvalue weighted by atomic mass is 79.9. The van der Waals surface area contributed by atoms with E-state index >= 15 is 0 Å². The Hall–Kier alpha value is -1.33. The van der Waals surface area contributed by atoms with Gasteiger partial charge in [0.1, 0.15) is 0 Å². The molecular formula is C14H11Br2NO2. The third kappa shape index (κ3) is 3.36. The highest BCUT2D eigenvalue weighted by Gasteiger charge is 2.21. The van der Waals surface area contributed by atoms with Crippen LogP contribution in [-0.2, 0) is 4.79 Å². The number of carbonyl (C=O) groups is 1. The number of aliphatic carboxylic acids is 1. The second-order valence-corrected chi connectivity index (χ2v) is 5.63. The van der Waals surface area contributed by atoms with Crippen LogP contribution in [0.15, 0.2) is 57.5 Å². The van der Waals surface area contributed by atoms with Gasteiger partial charge in [-0.1, -0.05) is 36.4 Å². The van der Waals surface area contributed by atoms with Gasteiger partial charge in [0.15, 0.2) is 6.04 Å². The molecule has 0 amide bonds. The van der Waals surface area contributed by atoms with Crippen LogP contribution < -0.4 is 5.32 Å². The van der Waals surface area contributed by atoms with Crippen LogP contribution in [0.3, 0.4) is 0 Å². The molecule has 98 valence electrons. The summed E-state index contributed by atoms with van der Waals surface area (Å²) in [5.41, 5.74) is 1.43. The van der Waals surface area contributed by atoms with Crippen LogP contribution in [0.1, 0.15) is 11.6 Å². The zero-order chi connectivity index (χ0) is 13.8. The van der Waals surface area contributed by atoms with Crippen LogP contribution in [0.2, 0.25) is 0 Å². The predicted octanol–water partition coefficient (Wildman–Crippen LogP) is 4.45. The molecule has 2 rings (SSSR count). The molecule has 0 fully saturated rings. The fourth-order valence-corrected chi connectivity index (χ4v) is 2.94. The number of rotatable bonds is 4. The summed E-state index contributed by atoms with van der Waals surface area (Å²) in [6, 6.07) is 13.9. The number of hydrogen-bond donors (Lipinski definition) is 2. The largest absolute Gasteiger partial charge is 0.479 e. The second-order valence-electron chi connectivity index (χ2n) is 3.92. The van der Waals surface area contributed by atoms with Gasteiger partial charge >= 0.3 is 5.97 Å². The van der Waals surface area contributed by atoms with Crippen LogP contribution in [0, 0.1) is 0 Å². The van der Waals surface area contributed by atoms with E-state index in [0.717, 1.165) is 14.6 Å². The van der Waals surface area contributed by atoms with Gasteiger partial charge in [0.2, 0.25) is 0 Å². The van der Waals surface area contributed by atoms with Crippen LogP contribution in [0.25, 0.3) is 0 Å². The number of carboxylic acid groups (broad SMARTS) is 1. The smallest absolute Gasteiger partial charge is 0.330 e. The van der Waals surface area contributed by atoms with Crippen LogP contribution >= 0.6 is 31.9 Å². The van der Waals surface area contributed by atoms with Gasteiger partial charge in [-0.3, -0.25) is 0 Å². The minimum atomic E-state index is -0.922. The molecule has 1 atom stereocenters. The zero-order valence-corrected chi connectivity index (χ0v) is 13.0. The minimum Gasteiger partial charge on any atom is -0.479 e. The van der Waals surface area contributed by atoms with Crippen LogP contribution in [0.4, 0.5) is 5.69 Å². The molecule has 2 aromatic carbocycles. The number of anilines is 1. The number of carboxylic acids is 1. The predicted molar refractivity (Wildman–Crippen MR) is 82.3 cm³/mol. The Morgan fingerprint density at radius 3 is 2.11 bits per heavy atom. The molecule has 0 bridgehead atoms. The first-order valence-corrected chi connectivity index (χ1v) is 7.16. The maximum Gasteiger partial charge on any atom is 0.330 e. The molecule has 0 radical (unpaired) electrons.